The Hall–Kier alpha value is -4.12. The maximum absolute atomic E-state index is 13.9. The lowest BCUT2D eigenvalue weighted by Gasteiger charge is -2.12. The predicted molar refractivity (Wildman–Crippen MR) is 115 cm³/mol. The van der Waals surface area contributed by atoms with Gasteiger partial charge < -0.3 is 5.11 Å². The van der Waals surface area contributed by atoms with E-state index in [2.05, 4.69) is 4.98 Å². The van der Waals surface area contributed by atoms with Crippen LogP contribution >= 0.6 is 0 Å². The van der Waals surface area contributed by atoms with E-state index in [9.17, 15) is 14.3 Å². The van der Waals surface area contributed by atoms with Crippen molar-refractivity contribution in [2.45, 2.75) is 0 Å². The molecule has 2 heterocycles. The maximum Gasteiger partial charge on any atom is 0.336 e. The van der Waals surface area contributed by atoms with E-state index >= 15 is 0 Å². The van der Waals surface area contributed by atoms with E-state index < -0.39 is 5.97 Å². The normalized spacial score (nSPS) is 11.1. The molecule has 1 N–H and O–H groups in total. The molecule has 5 heteroatoms. The van der Waals surface area contributed by atoms with Gasteiger partial charge in [0.25, 0.3) is 0 Å². The molecule has 4 nitrogen and oxygen atoms in total. The van der Waals surface area contributed by atoms with Gasteiger partial charge in [0.1, 0.15) is 5.82 Å². The van der Waals surface area contributed by atoms with E-state index in [-0.39, 0.29) is 11.4 Å². The molecule has 0 atom stereocenters. The molecule has 2 aromatic heterocycles. The van der Waals surface area contributed by atoms with Crippen molar-refractivity contribution in [1.82, 2.24) is 9.97 Å². The van der Waals surface area contributed by atoms with Crippen LogP contribution in [0.4, 0.5) is 4.39 Å². The van der Waals surface area contributed by atoms with Crippen LogP contribution in [-0.4, -0.2) is 21.0 Å². The summed E-state index contributed by atoms with van der Waals surface area (Å²) < 4.78 is 13.9. The zero-order valence-corrected chi connectivity index (χ0v) is 15.7. The van der Waals surface area contributed by atoms with Crippen molar-refractivity contribution < 1.29 is 14.3 Å². The maximum atomic E-state index is 13.9. The lowest BCUT2D eigenvalue weighted by molar-refractivity contribution is 0.0699. The van der Waals surface area contributed by atoms with Crippen molar-refractivity contribution in [2.75, 3.05) is 0 Å². The van der Waals surface area contributed by atoms with Gasteiger partial charge in [0.15, 0.2) is 0 Å². The molecular weight excluding hydrogens is 379 g/mol. The fraction of sp³-hybridized carbons (Fsp3) is 0. The Balaban J connectivity index is 1.83. The monoisotopic (exact) mass is 394 g/mol. The number of benzene rings is 3. The molecule has 30 heavy (non-hydrogen) atoms. The molecule has 0 spiro atoms. The molecule has 0 fully saturated rings. The summed E-state index contributed by atoms with van der Waals surface area (Å²) in [6.45, 7) is 0. The average Bonchev–Trinajstić information content (AvgIpc) is 2.77. The van der Waals surface area contributed by atoms with E-state index in [1.807, 2.05) is 36.4 Å². The van der Waals surface area contributed by atoms with Gasteiger partial charge in [0, 0.05) is 22.7 Å². The summed E-state index contributed by atoms with van der Waals surface area (Å²) in [5.41, 5.74) is 3.60. The Kier molecular flexibility index (Phi) is 4.21. The summed E-state index contributed by atoms with van der Waals surface area (Å²) in [6.07, 6.45) is 1.68. The Labute approximate surface area is 171 Å². The summed E-state index contributed by atoms with van der Waals surface area (Å²) in [7, 11) is 0. The third kappa shape index (κ3) is 2.97. The van der Waals surface area contributed by atoms with E-state index in [1.54, 1.807) is 36.5 Å². The molecular formula is C25H15FN2O2. The van der Waals surface area contributed by atoms with Gasteiger partial charge in [-0.1, -0.05) is 48.5 Å². The Morgan fingerprint density at radius 1 is 0.867 bits per heavy atom. The Morgan fingerprint density at radius 3 is 2.50 bits per heavy atom. The predicted octanol–water partition coefficient (Wildman–Crippen LogP) is 5.95. The molecule has 0 aliphatic carbocycles. The summed E-state index contributed by atoms with van der Waals surface area (Å²) in [5.74, 6) is -1.33. The molecule has 0 aliphatic heterocycles. The molecule has 0 saturated carbocycles. The first-order chi connectivity index (χ1) is 14.6. The standard InChI is InChI=1S/C25H15FN2O2/c26-17-7-3-5-15(13-17)24-23-16(6-4-12-27-23)14-22(28-24)20-10-11-21(25(29)30)19-9-2-1-8-18(19)20/h1-14H,(H,29,30). The van der Waals surface area contributed by atoms with Crippen molar-refractivity contribution in [3.63, 3.8) is 0 Å². The number of carbonyl (C=O) groups is 1. The van der Waals surface area contributed by atoms with E-state index in [0.717, 1.165) is 16.3 Å². The molecule has 5 rings (SSSR count). The molecule has 0 amide bonds. The number of hydrogen-bond donors (Lipinski definition) is 1. The minimum atomic E-state index is -0.978. The van der Waals surface area contributed by atoms with Crippen LogP contribution in [-0.2, 0) is 0 Å². The lowest BCUT2D eigenvalue weighted by Crippen LogP contribution is -1.99. The van der Waals surface area contributed by atoms with Crippen LogP contribution in [0.25, 0.3) is 44.2 Å². The molecule has 3 aromatic carbocycles. The SMILES string of the molecule is O=C(O)c1ccc(-c2cc3cccnc3c(-c3cccc(F)c3)n2)c2ccccc12. The second-order valence-electron chi connectivity index (χ2n) is 6.95. The fourth-order valence-electron chi connectivity index (χ4n) is 3.77. The number of nitrogens with zero attached hydrogens (tertiary/aromatic N) is 2. The lowest BCUT2D eigenvalue weighted by atomic mass is 9.96. The molecule has 0 radical (unpaired) electrons. The minimum Gasteiger partial charge on any atom is -0.478 e. The fourth-order valence-corrected chi connectivity index (χ4v) is 3.77. The van der Waals surface area contributed by atoms with Crippen LogP contribution in [0.3, 0.4) is 0 Å². The highest BCUT2D eigenvalue weighted by molar-refractivity contribution is 6.09. The zero-order valence-electron chi connectivity index (χ0n) is 15.7. The highest BCUT2D eigenvalue weighted by Gasteiger charge is 2.16. The van der Waals surface area contributed by atoms with Crippen molar-refractivity contribution in [3.05, 3.63) is 96.4 Å². The summed E-state index contributed by atoms with van der Waals surface area (Å²) in [6, 6.07) is 22.7. The summed E-state index contributed by atoms with van der Waals surface area (Å²) in [4.78, 5) is 20.9. The number of pyridine rings is 2. The Morgan fingerprint density at radius 2 is 1.70 bits per heavy atom. The molecule has 0 aliphatic rings. The topological polar surface area (TPSA) is 63.1 Å². The summed E-state index contributed by atoms with van der Waals surface area (Å²) in [5, 5.41) is 11.8. The van der Waals surface area contributed by atoms with Crippen LogP contribution in [0, 0.1) is 5.82 Å². The number of fused-ring (bicyclic) bond motifs is 2. The van der Waals surface area contributed by atoms with E-state index in [1.165, 1.54) is 12.1 Å². The summed E-state index contributed by atoms with van der Waals surface area (Å²) >= 11 is 0. The van der Waals surface area contributed by atoms with Crippen LogP contribution < -0.4 is 0 Å². The number of halogens is 1. The second kappa shape index (κ2) is 7.04. The van der Waals surface area contributed by atoms with E-state index in [0.29, 0.717) is 27.9 Å². The first-order valence-electron chi connectivity index (χ1n) is 9.39. The van der Waals surface area contributed by atoms with Gasteiger partial charge in [0.05, 0.1) is 22.5 Å². The second-order valence-corrected chi connectivity index (χ2v) is 6.95. The third-order valence-corrected chi connectivity index (χ3v) is 5.12. The molecule has 144 valence electrons. The first-order valence-corrected chi connectivity index (χ1v) is 9.39. The number of rotatable bonds is 3. The van der Waals surface area contributed by atoms with Crippen molar-refractivity contribution in [3.8, 4) is 22.5 Å². The smallest absolute Gasteiger partial charge is 0.336 e. The van der Waals surface area contributed by atoms with Gasteiger partial charge >= 0.3 is 5.97 Å². The number of carboxylic acid groups (broad SMARTS) is 1. The highest BCUT2D eigenvalue weighted by Crippen LogP contribution is 2.34. The van der Waals surface area contributed by atoms with Crippen molar-refractivity contribution in [2.24, 2.45) is 0 Å². The van der Waals surface area contributed by atoms with Gasteiger partial charge in [0.2, 0.25) is 0 Å². The Bertz CT molecular complexity index is 1450. The minimum absolute atomic E-state index is 0.238. The van der Waals surface area contributed by atoms with E-state index in [4.69, 9.17) is 4.98 Å². The molecule has 0 unspecified atom stereocenters. The first kappa shape index (κ1) is 17.9. The van der Waals surface area contributed by atoms with Gasteiger partial charge in [-0.05, 0) is 41.1 Å². The quantitative estimate of drug-likeness (QED) is 0.410. The van der Waals surface area contributed by atoms with Crippen molar-refractivity contribution in [1.29, 1.82) is 0 Å². The van der Waals surface area contributed by atoms with Gasteiger partial charge in [-0.25, -0.2) is 14.2 Å². The largest absolute Gasteiger partial charge is 0.478 e. The average molecular weight is 394 g/mol. The zero-order chi connectivity index (χ0) is 20.7. The van der Waals surface area contributed by atoms with Gasteiger partial charge in [-0.3, -0.25) is 4.98 Å². The number of carboxylic acids is 1. The van der Waals surface area contributed by atoms with Crippen LogP contribution in [0.15, 0.2) is 85.1 Å². The third-order valence-electron chi connectivity index (χ3n) is 5.12. The number of aromatic carboxylic acids is 1. The van der Waals surface area contributed by atoms with Crippen LogP contribution in [0.5, 0.6) is 0 Å². The van der Waals surface area contributed by atoms with Gasteiger partial charge in [-0.2, -0.15) is 0 Å². The highest BCUT2D eigenvalue weighted by atomic mass is 19.1. The van der Waals surface area contributed by atoms with Crippen molar-refractivity contribution >= 4 is 27.6 Å². The molecule has 0 saturated heterocycles. The van der Waals surface area contributed by atoms with Crippen LogP contribution in [0.2, 0.25) is 0 Å². The van der Waals surface area contributed by atoms with Gasteiger partial charge in [-0.15, -0.1) is 0 Å². The molecule has 5 aromatic rings. The number of hydrogen-bond acceptors (Lipinski definition) is 3. The number of aromatic nitrogens is 2. The molecule has 0 bridgehead atoms. The van der Waals surface area contributed by atoms with Crippen LogP contribution in [0.1, 0.15) is 10.4 Å².